The Morgan fingerprint density at radius 1 is 1.37 bits per heavy atom. The molecule has 5 heteroatoms. The first-order valence-electron chi connectivity index (χ1n) is 6.41. The zero-order valence-electron chi connectivity index (χ0n) is 11.9. The van der Waals surface area contributed by atoms with E-state index in [4.69, 9.17) is 9.47 Å². The van der Waals surface area contributed by atoms with Gasteiger partial charge in [0.1, 0.15) is 6.10 Å². The zero-order valence-corrected chi connectivity index (χ0v) is 13.5. The molecule has 2 N–H and O–H groups in total. The van der Waals surface area contributed by atoms with Crippen LogP contribution in [0.15, 0.2) is 16.6 Å². The summed E-state index contributed by atoms with van der Waals surface area (Å²) in [4.78, 5) is 0. The topological polar surface area (TPSA) is 50.7 Å². The number of methoxy groups -OCH3 is 1. The highest BCUT2D eigenvalue weighted by molar-refractivity contribution is 9.10. The first kappa shape index (κ1) is 16.3. The lowest BCUT2D eigenvalue weighted by Gasteiger charge is -2.20. The predicted molar refractivity (Wildman–Crippen MR) is 79.8 cm³/mol. The van der Waals surface area contributed by atoms with Gasteiger partial charge in [0.2, 0.25) is 0 Å². The summed E-state index contributed by atoms with van der Waals surface area (Å²) in [5.74, 6) is 1.28. The molecule has 1 aromatic carbocycles. The largest absolute Gasteiger partial charge is 0.493 e. The van der Waals surface area contributed by atoms with Gasteiger partial charge in [0.25, 0.3) is 0 Å². The fourth-order valence-corrected chi connectivity index (χ4v) is 2.13. The number of ether oxygens (including phenoxy) is 2. The van der Waals surface area contributed by atoms with Gasteiger partial charge in [-0.15, -0.1) is 0 Å². The Hall–Kier alpha value is -0.780. The van der Waals surface area contributed by atoms with Gasteiger partial charge in [-0.2, -0.15) is 0 Å². The Morgan fingerprint density at radius 2 is 2.05 bits per heavy atom. The maximum absolute atomic E-state index is 9.52. The van der Waals surface area contributed by atoms with Crippen molar-refractivity contribution >= 4 is 15.9 Å². The van der Waals surface area contributed by atoms with Crippen molar-refractivity contribution in [2.45, 2.75) is 39.5 Å². The minimum atomic E-state index is -0.543. The van der Waals surface area contributed by atoms with Crippen LogP contribution in [0.2, 0.25) is 0 Å². The molecule has 1 rings (SSSR count). The van der Waals surface area contributed by atoms with Gasteiger partial charge in [-0.3, -0.25) is 0 Å². The Bertz CT molecular complexity index is 410. The number of benzene rings is 1. The molecule has 108 valence electrons. The second kappa shape index (κ2) is 7.72. The highest BCUT2D eigenvalue weighted by Crippen LogP contribution is 2.37. The van der Waals surface area contributed by atoms with E-state index in [0.29, 0.717) is 11.5 Å². The van der Waals surface area contributed by atoms with E-state index in [1.165, 1.54) is 0 Å². The second-order valence-electron chi connectivity index (χ2n) is 4.45. The molecule has 0 spiro atoms. The minimum absolute atomic E-state index is 0.301. The summed E-state index contributed by atoms with van der Waals surface area (Å²) in [6, 6.07) is 3.94. The molecular formula is C14H22BrNO3. The van der Waals surface area contributed by atoms with E-state index in [-0.39, 0.29) is 6.10 Å². The molecule has 0 aromatic heterocycles. The number of hydrogen-bond acceptors (Lipinski definition) is 4. The van der Waals surface area contributed by atoms with Gasteiger partial charge in [-0.25, -0.2) is 0 Å². The van der Waals surface area contributed by atoms with Crippen LogP contribution in [0.4, 0.5) is 0 Å². The summed E-state index contributed by atoms with van der Waals surface area (Å²) in [5, 5.41) is 12.8. The minimum Gasteiger partial charge on any atom is -0.493 e. The number of hydrogen-bond donors (Lipinski definition) is 2. The number of halogens is 1. The highest BCUT2D eigenvalue weighted by atomic mass is 79.9. The van der Waals surface area contributed by atoms with Crippen LogP contribution < -0.4 is 14.8 Å². The van der Waals surface area contributed by atoms with Gasteiger partial charge in [-0.05, 0) is 54.0 Å². The second-order valence-corrected chi connectivity index (χ2v) is 5.31. The van der Waals surface area contributed by atoms with Crippen LogP contribution in [0, 0.1) is 0 Å². The van der Waals surface area contributed by atoms with Crippen molar-refractivity contribution in [1.29, 1.82) is 0 Å². The SMILES string of the molecule is CCNCc1cc(Br)c(OC(C)C(C)O)c(OC)c1. The maximum atomic E-state index is 9.52. The van der Waals surface area contributed by atoms with E-state index in [1.54, 1.807) is 14.0 Å². The maximum Gasteiger partial charge on any atom is 0.175 e. The summed E-state index contributed by atoms with van der Waals surface area (Å²) in [7, 11) is 1.61. The van der Waals surface area contributed by atoms with E-state index in [1.807, 2.05) is 19.1 Å². The van der Waals surface area contributed by atoms with E-state index >= 15 is 0 Å². The first-order chi connectivity index (χ1) is 8.99. The van der Waals surface area contributed by atoms with Crippen molar-refractivity contribution in [1.82, 2.24) is 5.32 Å². The van der Waals surface area contributed by atoms with Crippen LogP contribution in [0.5, 0.6) is 11.5 Å². The van der Waals surface area contributed by atoms with E-state index in [9.17, 15) is 5.11 Å². The molecule has 0 aliphatic carbocycles. The van der Waals surface area contributed by atoms with Crippen molar-refractivity contribution < 1.29 is 14.6 Å². The highest BCUT2D eigenvalue weighted by Gasteiger charge is 2.17. The summed E-state index contributed by atoms with van der Waals surface area (Å²) in [6.07, 6.45) is -0.845. The average molecular weight is 332 g/mol. The summed E-state index contributed by atoms with van der Waals surface area (Å²) in [5.41, 5.74) is 1.11. The number of aliphatic hydroxyl groups is 1. The molecule has 1 aromatic rings. The molecule has 0 saturated heterocycles. The van der Waals surface area contributed by atoms with Crippen molar-refractivity contribution in [2.24, 2.45) is 0 Å². The van der Waals surface area contributed by atoms with Crippen molar-refractivity contribution in [3.8, 4) is 11.5 Å². The Morgan fingerprint density at radius 3 is 2.58 bits per heavy atom. The molecule has 0 aliphatic heterocycles. The van der Waals surface area contributed by atoms with Gasteiger partial charge in [-0.1, -0.05) is 6.92 Å². The zero-order chi connectivity index (χ0) is 14.4. The van der Waals surface area contributed by atoms with Crippen LogP contribution in [-0.4, -0.2) is 31.0 Å². The molecule has 0 fully saturated rings. The summed E-state index contributed by atoms with van der Waals surface area (Å²) in [6.45, 7) is 7.27. The third kappa shape index (κ3) is 4.67. The number of rotatable bonds is 7. The molecule has 2 atom stereocenters. The molecule has 19 heavy (non-hydrogen) atoms. The molecule has 0 bridgehead atoms. The molecule has 0 saturated carbocycles. The van der Waals surface area contributed by atoms with Crippen molar-refractivity contribution in [2.75, 3.05) is 13.7 Å². The number of nitrogens with one attached hydrogen (secondary N) is 1. The van der Waals surface area contributed by atoms with Crippen molar-refractivity contribution in [3.05, 3.63) is 22.2 Å². The quantitative estimate of drug-likeness (QED) is 0.806. The van der Waals surface area contributed by atoms with Gasteiger partial charge in [0.15, 0.2) is 11.5 Å². The third-order valence-corrected chi connectivity index (χ3v) is 3.44. The predicted octanol–water partition coefficient (Wildman–Crippen LogP) is 2.72. The Balaban J connectivity index is 2.97. The molecule has 0 heterocycles. The molecule has 0 aliphatic rings. The van der Waals surface area contributed by atoms with E-state index < -0.39 is 6.10 Å². The average Bonchev–Trinajstić information content (AvgIpc) is 2.38. The van der Waals surface area contributed by atoms with Crippen molar-refractivity contribution in [3.63, 3.8) is 0 Å². The lowest BCUT2D eigenvalue weighted by Crippen LogP contribution is -2.26. The molecule has 0 amide bonds. The van der Waals surface area contributed by atoms with Crippen LogP contribution >= 0.6 is 15.9 Å². The molecule has 0 radical (unpaired) electrons. The monoisotopic (exact) mass is 331 g/mol. The fraction of sp³-hybridized carbons (Fsp3) is 0.571. The summed E-state index contributed by atoms with van der Waals surface area (Å²) >= 11 is 3.49. The van der Waals surface area contributed by atoms with Crippen LogP contribution in [0.25, 0.3) is 0 Å². The smallest absolute Gasteiger partial charge is 0.175 e. The third-order valence-electron chi connectivity index (χ3n) is 2.85. The molecular weight excluding hydrogens is 310 g/mol. The van der Waals surface area contributed by atoms with Gasteiger partial charge < -0.3 is 19.9 Å². The van der Waals surface area contributed by atoms with Crippen LogP contribution in [0.3, 0.4) is 0 Å². The van der Waals surface area contributed by atoms with Gasteiger partial charge in [0, 0.05) is 6.54 Å². The molecule has 4 nitrogen and oxygen atoms in total. The standard InChI is InChI=1S/C14H22BrNO3/c1-5-16-8-11-6-12(15)14(13(7-11)18-4)19-10(3)9(2)17/h6-7,9-10,16-17H,5,8H2,1-4H3. The first-order valence-corrected chi connectivity index (χ1v) is 7.20. The van der Waals surface area contributed by atoms with Crippen LogP contribution in [0.1, 0.15) is 26.3 Å². The van der Waals surface area contributed by atoms with Crippen LogP contribution in [-0.2, 0) is 6.54 Å². The normalized spacial score (nSPS) is 14.0. The van der Waals surface area contributed by atoms with Gasteiger partial charge in [0.05, 0.1) is 17.7 Å². The van der Waals surface area contributed by atoms with E-state index in [0.717, 1.165) is 23.1 Å². The molecule has 2 unspecified atom stereocenters. The van der Waals surface area contributed by atoms with Gasteiger partial charge >= 0.3 is 0 Å². The lowest BCUT2D eigenvalue weighted by molar-refractivity contribution is 0.0581. The summed E-state index contributed by atoms with van der Waals surface area (Å²) < 4.78 is 11.9. The number of aliphatic hydroxyl groups excluding tert-OH is 1. The Labute approximate surface area is 123 Å². The van der Waals surface area contributed by atoms with E-state index in [2.05, 4.69) is 28.2 Å². The Kier molecular flexibility index (Phi) is 6.62. The fourth-order valence-electron chi connectivity index (χ4n) is 1.54. The lowest BCUT2D eigenvalue weighted by atomic mass is 10.2.